The third-order valence-corrected chi connectivity index (χ3v) is 3.21. The second-order valence-corrected chi connectivity index (χ2v) is 4.70. The second-order valence-electron chi connectivity index (χ2n) is 4.70. The number of rotatable bonds is 5. The number of esters is 1. The molecule has 6 nitrogen and oxygen atoms in total. The normalized spacial score (nSPS) is 11.3. The van der Waals surface area contributed by atoms with Crippen molar-refractivity contribution >= 4 is 17.1 Å². The molecule has 0 fully saturated rings. The fraction of sp³-hybridized carbons (Fsp3) is 0.267. The summed E-state index contributed by atoms with van der Waals surface area (Å²) in [5, 5.41) is 3.84. The van der Waals surface area contributed by atoms with Crippen LogP contribution >= 0.6 is 0 Å². The van der Waals surface area contributed by atoms with Crippen molar-refractivity contribution in [2.75, 3.05) is 6.61 Å². The number of alkyl halides is 2. The molecule has 3 rings (SSSR count). The maximum atomic E-state index is 13.3. The van der Waals surface area contributed by atoms with Crippen molar-refractivity contribution in [1.29, 1.82) is 0 Å². The molecule has 0 atom stereocenters. The zero-order valence-electron chi connectivity index (χ0n) is 12.2. The molecule has 23 heavy (non-hydrogen) atoms. The van der Waals surface area contributed by atoms with E-state index in [9.17, 15) is 13.6 Å². The van der Waals surface area contributed by atoms with Gasteiger partial charge in [-0.3, -0.25) is 4.68 Å². The maximum absolute atomic E-state index is 13.3. The van der Waals surface area contributed by atoms with Crippen LogP contribution in [0.4, 0.5) is 8.78 Å². The summed E-state index contributed by atoms with van der Waals surface area (Å²) in [5.74, 6) is -0.599. The third kappa shape index (κ3) is 2.92. The van der Waals surface area contributed by atoms with Crippen molar-refractivity contribution in [2.24, 2.45) is 0 Å². The number of hydrogen-bond donors (Lipinski definition) is 0. The quantitative estimate of drug-likeness (QED) is 0.675. The lowest BCUT2D eigenvalue weighted by atomic mass is 10.2. The summed E-state index contributed by atoms with van der Waals surface area (Å²) in [4.78, 5) is 15.9. The van der Waals surface area contributed by atoms with Crippen molar-refractivity contribution in [3.05, 3.63) is 47.6 Å². The Balaban J connectivity index is 1.94. The van der Waals surface area contributed by atoms with Crippen LogP contribution in [-0.2, 0) is 11.3 Å². The molecule has 0 bridgehead atoms. The lowest BCUT2D eigenvalue weighted by Crippen LogP contribution is -2.12. The number of hydrogen-bond acceptors (Lipinski definition) is 5. The Morgan fingerprint density at radius 3 is 2.87 bits per heavy atom. The van der Waals surface area contributed by atoms with Crippen LogP contribution in [0.15, 0.2) is 34.9 Å². The van der Waals surface area contributed by atoms with Gasteiger partial charge in [0.2, 0.25) is 5.89 Å². The van der Waals surface area contributed by atoms with Crippen LogP contribution in [0.5, 0.6) is 0 Å². The summed E-state index contributed by atoms with van der Waals surface area (Å²) in [6.45, 7) is 1.59. The lowest BCUT2D eigenvalue weighted by Gasteiger charge is -2.06. The highest BCUT2D eigenvalue weighted by molar-refractivity contribution is 5.90. The molecule has 1 aromatic carbocycles. The van der Waals surface area contributed by atoms with Gasteiger partial charge in [-0.25, -0.2) is 18.6 Å². The first kappa shape index (κ1) is 15.1. The van der Waals surface area contributed by atoms with E-state index in [2.05, 4.69) is 10.1 Å². The highest BCUT2D eigenvalue weighted by Crippen LogP contribution is 2.25. The summed E-state index contributed by atoms with van der Waals surface area (Å²) in [7, 11) is 0. The van der Waals surface area contributed by atoms with E-state index in [1.807, 2.05) is 0 Å². The topological polar surface area (TPSA) is 70.2 Å². The highest BCUT2D eigenvalue weighted by Gasteiger charge is 2.26. The first-order valence-electron chi connectivity index (χ1n) is 6.95. The van der Waals surface area contributed by atoms with Gasteiger partial charge in [-0.2, -0.15) is 5.10 Å². The third-order valence-electron chi connectivity index (χ3n) is 3.21. The number of fused-ring (bicyclic) bond motifs is 1. The van der Waals surface area contributed by atoms with Gasteiger partial charge in [0.05, 0.1) is 12.8 Å². The Hall–Kier alpha value is -2.77. The van der Waals surface area contributed by atoms with Gasteiger partial charge >= 0.3 is 5.97 Å². The number of carbonyl (C=O) groups excluding carboxylic acids is 1. The smallest absolute Gasteiger partial charge is 0.341 e. The van der Waals surface area contributed by atoms with Gasteiger partial charge in [0.1, 0.15) is 23.3 Å². The largest absolute Gasteiger partial charge is 0.462 e. The van der Waals surface area contributed by atoms with Crippen molar-refractivity contribution < 1.29 is 22.7 Å². The fourth-order valence-electron chi connectivity index (χ4n) is 2.23. The Morgan fingerprint density at radius 2 is 2.17 bits per heavy atom. The van der Waals surface area contributed by atoms with Crippen LogP contribution < -0.4 is 0 Å². The molecule has 0 saturated heterocycles. The summed E-state index contributed by atoms with van der Waals surface area (Å²) < 4.78 is 37.9. The number of oxazole rings is 1. The van der Waals surface area contributed by atoms with Gasteiger partial charge in [0.25, 0.3) is 6.43 Å². The highest BCUT2D eigenvalue weighted by atomic mass is 19.3. The average Bonchev–Trinajstić information content (AvgIpc) is 3.11. The second kappa shape index (κ2) is 6.15. The van der Waals surface area contributed by atoms with Crippen LogP contribution in [0.3, 0.4) is 0 Å². The average molecular weight is 321 g/mol. The molecule has 0 unspecified atom stereocenters. The predicted octanol–water partition coefficient (Wildman–Crippen LogP) is 3.19. The number of ether oxygens (including phenoxy) is 1. The lowest BCUT2D eigenvalue weighted by molar-refractivity contribution is 0.0513. The molecule has 0 saturated carbocycles. The molecule has 0 radical (unpaired) electrons. The molecule has 0 spiro atoms. The van der Waals surface area contributed by atoms with E-state index in [0.717, 1.165) is 10.9 Å². The Morgan fingerprint density at radius 1 is 1.39 bits per heavy atom. The van der Waals surface area contributed by atoms with Crippen molar-refractivity contribution in [1.82, 2.24) is 14.8 Å². The molecular formula is C15H13F2N3O3. The summed E-state index contributed by atoms with van der Waals surface area (Å²) in [5.41, 5.74) is 0.418. The van der Waals surface area contributed by atoms with Gasteiger partial charge in [0, 0.05) is 0 Å². The van der Waals surface area contributed by atoms with Gasteiger partial charge in [0.15, 0.2) is 5.58 Å². The van der Waals surface area contributed by atoms with E-state index in [1.54, 1.807) is 31.2 Å². The van der Waals surface area contributed by atoms with Gasteiger partial charge in [-0.05, 0) is 19.1 Å². The SMILES string of the molecule is CCOC(=O)c1cnn(Cc2nc3ccccc3o2)c1C(F)F. The monoisotopic (exact) mass is 321 g/mol. The standard InChI is InChI=1S/C15H13F2N3O3/c1-2-22-15(21)9-7-18-20(13(9)14(16)17)8-12-19-10-5-3-4-6-11(10)23-12/h3-7,14H,2,8H2,1H3. The van der Waals surface area contributed by atoms with Crippen molar-refractivity contribution in [3.63, 3.8) is 0 Å². The predicted molar refractivity (Wildman–Crippen MR) is 76.3 cm³/mol. The van der Waals surface area contributed by atoms with E-state index in [-0.39, 0.29) is 24.6 Å². The Labute approximate surface area is 129 Å². The first-order chi connectivity index (χ1) is 11.1. The number of benzene rings is 1. The minimum absolute atomic E-state index is 0.0951. The summed E-state index contributed by atoms with van der Waals surface area (Å²) in [6.07, 6.45) is -1.80. The van der Waals surface area contributed by atoms with Gasteiger partial charge in [-0.1, -0.05) is 12.1 Å². The molecule has 2 heterocycles. The summed E-state index contributed by atoms with van der Waals surface area (Å²) in [6, 6.07) is 7.07. The van der Waals surface area contributed by atoms with Crippen molar-refractivity contribution in [2.45, 2.75) is 19.9 Å². The molecule has 2 aromatic heterocycles. The Bertz CT molecular complexity index is 808. The first-order valence-corrected chi connectivity index (χ1v) is 6.95. The number of aromatic nitrogens is 3. The molecule has 120 valence electrons. The zero-order valence-corrected chi connectivity index (χ0v) is 12.2. The molecule has 0 N–H and O–H groups in total. The summed E-state index contributed by atoms with van der Waals surface area (Å²) >= 11 is 0. The van der Waals surface area contributed by atoms with Crippen LogP contribution in [0.2, 0.25) is 0 Å². The molecule has 3 aromatic rings. The van der Waals surface area contributed by atoms with Crippen LogP contribution in [0.25, 0.3) is 11.1 Å². The number of halogens is 2. The van der Waals surface area contributed by atoms with E-state index in [4.69, 9.17) is 9.15 Å². The number of carbonyl (C=O) groups is 1. The van der Waals surface area contributed by atoms with E-state index >= 15 is 0 Å². The van der Waals surface area contributed by atoms with E-state index in [0.29, 0.717) is 11.1 Å². The Kier molecular flexibility index (Phi) is 4.05. The maximum Gasteiger partial charge on any atom is 0.341 e. The minimum Gasteiger partial charge on any atom is -0.462 e. The van der Waals surface area contributed by atoms with Gasteiger partial charge in [-0.15, -0.1) is 0 Å². The van der Waals surface area contributed by atoms with E-state index < -0.39 is 18.1 Å². The van der Waals surface area contributed by atoms with Crippen LogP contribution in [0.1, 0.15) is 35.3 Å². The zero-order chi connectivity index (χ0) is 16.4. The minimum atomic E-state index is -2.87. The number of nitrogens with zero attached hydrogens (tertiary/aromatic N) is 3. The molecule has 0 aliphatic carbocycles. The molecular weight excluding hydrogens is 308 g/mol. The molecule has 8 heteroatoms. The van der Waals surface area contributed by atoms with Crippen LogP contribution in [-0.4, -0.2) is 27.3 Å². The van der Waals surface area contributed by atoms with E-state index in [1.165, 1.54) is 0 Å². The fourth-order valence-corrected chi connectivity index (χ4v) is 2.23. The number of para-hydroxylation sites is 2. The molecule has 0 aliphatic rings. The van der Waals surface area contributed by atoms with Crippen molar-refractivity contribution in [3.8, 4) is 0 Å². The molecule has 0 aliphatic heterocycles. The van der Waals surface area contributed by atoms with Gasteiger partial charge < -0.3 is 9.15 Å². The molecule has 0 amide bonds. The van der Waals surface area contributed by atoms with Crippen LogP contribution in [0, 0.1) is 0 Å².